The zero-order valence-corrected chi connectivity index (χ0v) is 7.40. The second-order valence-corrected chi connectivity index (χ2v) is 2.95. The van der Waals surface area contributed by atoms with Gasteiger partial charge in [-0.1, -0.05) is 6.92 Å². The van der Waals surface area contributed by atoms with Gasteiger partial charge in [-0.3, -0.25) is 0 Å². The number of hydrogen-bond donors (Lipinski definition) is 1. The predicted molar refractivity (Wildman–Crippen MR) is 44.9 cm³/mol. The molecule has 0 spiro atoms. The maximum Gasteiger partial charge on any atom is 0.396 e. The van der Waals surface area contributed by atoms with E-state index in [0.29, 0.717) is 0 Å². The average Bonchev–Trinajstić information content (AvgIpc) is 1.89. The lowest BCUT2D eigenvalue weighted by Gasteiger charge is -2.23. The van der Waals surface area contributed by atoms with Gasteiger partial charge in [-0.25, -0.2) is 0 Å². The van der Waals surface area contributed by atoms with Crippen LogP contribution in [0.25, 0.3) is 0 Å². The van der Waals surface area contributed by atoms with Crippen LogP contribution in [0, 0.1) is 0 Å². The molecule has 0 heterocycles. The molecule has 0 fully saturated rings. The minimum Gasteiger partial charge on any atom is -0.424 e. The predicted octanol–water partition coefficient (Wildman–Crippen LogP) is 1.34. The molecule has 1 radical (unpaired) electrons. The van der Waals surface area contributed by atoms with Crippen LogP contribution in [0.15, 0.2) is 0 Å². The summed E-state index contributed by atoms with van der Waals surface area (Å²) in [7, 11) is 1.67. The Bertz CT molecular complexity index is 85.7. The maximum atomic E-state index is 5.04. The van der Waals surface area contributed by atoms with Crippen molar-refractivity contribution in [2.24, 2.45) is 0 Å². The summed E-state index contributed by atoms with van der Waals surface area (Å²) in [5.74, 6) is 0. The van der Waals surface area contributed by atoms with Crippen LogP contribution in [0.2, 0.25) is 0 Å². The third kappa shape index (κ3) is 4.83. The quantitative estimate of drug-likeness (QED) is 0.461. The minimum atomic E-state index is 0.162. The first-order chi connectivity index (χ1) is 4.62. The topological polar surface area (TPSA) is 21.3 Å². The normalized spacial score (nSPS) is 11.6. The molecule has 1 N–H and O–H groups in total. The van der Waals surface area contributed by atoms with Gasteiger partial charge in [0.25, 0.3) is 0 Å². The highest BCUT2D eigenvalue weighted by Gasteiger charge is 2.13. The van der Waals surface area contributed by atoms with Gasteiger partial charge in [0.2, 0.25) is 0 Å². The second kappa shape index (κ2) is 4.75. The van der Waals surface area contributed by atoms with E-state index < -0.39 is 0 Å². The molecule has 0 rings (SSSR count). The fraction of sp³-hybridized carbons (Fsp3) is 1.00. The SMILES string of the molecule is CCO[B]NC(C)(C)CC. The van der Waals surface area contributed by atoms with Gasteiger partial charge in [-0.2, -0.15) is 0 Å². The van der Waals surface area contributed by atoms with Crippen molar-refractivity contribution in [1.29, 1.82) is 0 Å². The number of hydrogen-bond acceptors (Lipinski definition) is 2. The van der Waals surface area contributed by atoms with E-state index in [-0.39, 0.29) is 5.54 Å². The molecule has 59 valence electrons. The maximum absolute atomic E-state index is 5.04. The van der Waals surface area contributed by atoms with Crippen molar-refractivity contribution in [2.75, 3.05) is 6.61 Å². The van der Waals surface area contributed by atoms with Gasteiger partial charge in [0, 0.05) is 12.1 Å². The second-order valence-electron chi connectivity index (χ2n) is 2.95. The van der Waals surface area contributed by atoms with Crippen LogP contribution in [0.1, 0.15) is 34.1 Å². The van der Waals surface area contributed by atoms with Gasteiger partial charge in [0.05, 0.1) is 0 Å². The Labute approximate surface area is 64.6 Å². The molecule has 0 aliphatic heterocycles. The van der Waals surface area contributed by atoms with E-state index in [9.17, 15) is 0 Å². The van der Waals surface area contributed by atoms with Crippen molar-refractivity contribution in [3.05, 3.63) is 0 Å². The first kappa shape index (κ1) is 9.98. The van der Waals surface area contributed by atoms with E-state index in [1.165, 1.54) is 0 Å². The van der Waals surface area contributed by atoms with Crippen LogP contribution in [-0.2, 0) is 4.65 Å². The Balaban J connectivity index is 3.28. The molecular weight excluding hydrogens is 125 g/mol. The fourth-order valence-corrected chi connectivity index (χ4v) is 0.387. The van der Waals surface area contributed by atoms with Crippen molar-refractivity contribution in [3.8, 4) is 0 Å². The van der Waals surface area contributed by atoms with Crippen molar-refractivity contribution >= 4 is 7.62 Å². The lowest BCUT2D eigenvalue weighted by Crippen LogP contribution is -2.42. The van der Waals surface area contributed by atoms with Gasteiger partial charge in [0.15, 0.2) is 0 Å². The zero-order chi connectivity index (χ0) is 8.04. The molecule has 0 saturated heterocycles. The molecule has 0 bridgehead atoms. The molecule has 0 aromatic carbocycles. The van der Waals surface area contributed by atoms with Crippen molar-refractivity contribution in [3.63, 3.8) is 0 Å². The fourth-order valence-electron chi connectivity index (χ4n) is 0.387. The first-order valence-electron chi connectivity index (χ1n) is 3.83. The van der Waals surface area contributed by atoms with E-state index >= 15 is 0 Å². The van der Waals surface area contributed by atoms with E-state index in [1.54, 1.807) is 7.62 Å². The van der Waals surface area contributed by atoms with E-state index in [4.69, 9.17) is 4.65 Å². The van der Waals surface area contributed by atoms with E-state index in [1.807, 2.05) is 6.92 Å². The summed E-state index contributed by atoms with van der Waals surface area (Å²) in [6, 6.07) is 0. The third-order valence-corrected chi connectivity index (χ3v) is 1.58. The first-order valence-corrected chi connectivity index (χ1v) is 3.83. The van der Waals surface area contributed by atoms with Crippen LogP contribution in [0.3, 0.4) is 0 Å². The molecule has 0 atom stereocenters. The Kier molecular flexibility index (Phi) is 4.74. The highest BCUT2D eigenvalue weighted by Crippen LogP contribution is 2.04. The molecule has 0 aliphatic carbocycles. The average molecular weight is 142 g/mol. The standard InChI is InChI=1S/C7H17BNO/c1-5-7(3,4)9-8-10-6-2/h9H,5-6H2,1-4H3. The molecule has 0 saturated carbocycles. The largest absolute Gasteiger partial charge is 0.424 e. The summed E-state index contributed by atoms with van der Waals surface area (Å²) in [6.45, 7) is 9.13. The van der Waals surface area contributed by atoms with Gasteiger partial charge < -0.3 is 9.88 Å². The van der Waals surface area contributed by atoms with Crippen LogP contribution >= 0.6 is 0 Å². The van der Waals surface area contributed by atoms with Gasteiger partial charge in [-0.15, -0.1) is 0 Å². The van der Waals surface area contributed by atoms with Crippen LogP contribution < -0.4 is 5.23 Å². The molecule has 0 amide bonds. The Morgan fingerprint density at radius 3 is 2.40 bits per heavy atom. The van der Waals surface area contributed by atoms with Gasteiger partial charge in [0.1, 0.15) is 0 Å². The Hall–Kier alpha value is -0.0151. The molecule has 0 aromatic rings. The molecule has 0 unspecified atom stereocenters. The summed E-state index contributed by atoms with van der Waals surface area (Å²) in [4.78, 5) is 0. The van der Waals surface area contributed by atoms with Crippen molar-refractivity contribution in [2.45, 2.75) is 39.7 Å². The lowest BCUT2D eigenvalue weighted by molar-refractivity contribution is 0.330. The summed E-state index contributed by atoms with van der Waals surface area (Å²) >= 11 is 0. The summed E-state index contributed by atoms with van der Waals surface area (Å²) in [5.41, 5.74) is 0.162. The summed E-state index contributed by atoms with van der Waals surface area (Å²) in [5, 5.41) is 3.16. The molecular formula is C7H17BNO. The lowest BCUT2D eigenvalue weighted by atomic mass is 9.98. The number of rotatable bonds is 5. The number of nitrogens with one attached hydrogen (secondary N) is 1. The Morgan fingerprint density at radius 1 is 1.40 bits per heavy atom. The zero-order valence-electron chi connectivity index (χ0n) is 7.40. The molecule has 2 nitrogen and oxygen atoms in total. The molecule has 10 heavy (non-hydrogen) atoms. The van der Waals surface area contributed by atoms with Gasteiger partial charge in [-0.05, 0) is 27.2 Å². The van der Waals surface area contributed by atoms with E-state index in [0.717, 1.165) is 13.0 Å². The molecule has 0 aliphatic rings. The highest BCUT2D eigenvalue weighted by atomic mass is 16.4. The van der Waals surface area contributed by atoms with Crippen molar-refractivity contribution < 1.29 is 4.65 Å². The van der Waals surface area contributed by atoms with Crippen LogP contribution in [-0.4, -0.2) is 19.8 Å². The summed E-state index contributed by atoms with van der Waals surface area (Å²) < 4.78 is 5.04. The van der Waals surface area contributed by atoms with E-state index in [2.05, 4.69) is 26.0 Å². The van der Waals surface area contributed by atoms with Gasteiger partial charge >= 0.3 is 7.62 Å². The molecule has 3 heteroatoms. The Morgan fingerprint density at radius 2 is 2.00 bits per heavy atom. The van der Waals surface area contributed by atoms with Crippen molar-refractivity contribution in [1.82, 2.24) is 5.23 Å². The summed E-state index contributed by atoms with van der Waals surface area (Å²) in [6.07, 6.45) is 1.09. The monoisotopic (exact) mass is 142 g/mol. The highest BCUT2D eigenvalue weighted by molar-refractivity contribution is 6.23. The smallest absolute Gasteiger partial charge is 0.396 e. The van der Waals surface area contributed by atoms with Crippen LogP contribution in [0.5, 0.6) is 0 Å². The minimum absolute atomic E-state index is 0.162. The van der Waals surface area contributed by atoms with Crippen LogP contribution in [0.4, 0.5) is 0 Å². The third-order valence-electron chi connectivity index (χ3n) is 1.58. The molecule has 0 aromatic heterocycles.